The summed E-state index contributed by atoms with van der Waals surface area (Å²) in [7, 11) is 4.24. The van der Waals surface area contributed by atoms with Gasteiger partial charge in [-0.15, -0.1) is 11.8 Å². The number of para-hydroxylation sites is 1. The van der Waals surface area contributed by atoms with E-state index in [-0.39, 0.29) is 0 Å². The van der Waals surface area contributed by atoms with Gasteiger partial charge in [-0.2, -0.15) is 0 Å². The highest BCUT2D eigenvalue weighted by molar-refractivity contribution is 8.03. The molecular weight excluding hydrogens is 264 g/mol. The lowest BCUT2D eigenvalue weighted by atomic mass is 10.1. The molecule has 2 aromatic rings. The van der Waals surface area contributed by atoms with E-state index in [0.29, 0.717) is 0 Å². The third kappa shape index (κ3) is 2.59. The number of pyridine rings is 1. The first-order valence-electron chi connectivity index (χ1n) is 6.85. The monoisotopic (exact) mass is 283 g/mol. The van der Waals surface area contributed by atoms with Crippen LogP contribution >= 0.6 is 11.8 Å². The van der Waals surface area contributed by atoms with Crippen molar-refractivity contribution in [3.63, 3.8) is 0 Å². The number of aryl methyl sites for hydroxylation is 1. The minimum absolute atomic E-state index is 1.15. The van der Waals surface area contributed by atoms with Crippen molar-refractivity contribution in [2.75, 3.05) is 19.3 Å². The fourth-order valence-corrected chi connectivity index (χ4v) is 3.51. The van der Waals surface area contributed by atoms with E-state index in [4.69, 9.17) is 0 Å². The van der Waals surface area contributed by atoms with Crippen LogP contribution in [0.15, 0.2) is 53.7 Å². The van der Waals surface area contributed by atoms with Crippen LogP contribution in [0, 0.1) is 0 Å². The Morgan fingerprint density at radius 2 is 2.10 bits per heavy atom. The molecule has 1 aliphatic rings. The molecular formula is C17H19N2S+. The maximum absolute atomic E-state index is 2.30. The van der Waals surface area contributed by atoms with Gasteiger partial charge in [-0.05, 0) is 17.7 Å². The van der Waals surface area contributed by atoms with Crippen molar-refractivity contribution in [1.29, 1.82) is 0 Å². The molecule has 3 rings (SSSR count). The Hall–Kier alpha value is -1.74. The molecule has 20 heavy (non-hydrogen) atoms. The third-order valence-electron chi connectivity index (χ3n) is 3.64. The highest BCUT2D eigenvalue weighted by Gasteiger charge is 2.11. The first-order valence-corrected chi connectivity index (χ1v) is 7.84. The van der Waals surface area contributed by atoms with E-state index >= 15 is 0 Å². The highest BCUT2D eigenvalue weighted by atomic mass is 32.2. The number of benzene rings is 1. The molecule has 102 valence electrons. The zero-order valence-corrected chi connectivity index (χ0v) is 12.7. The maximum Gasteiger partial charge on any atom is 0.212 e. The van der Waals surface area contributed by atoms with Crippen LogP contribution in [0.2, 0.25) is 0 Å². The summed E-state index contributed by atoms with van der Waals surface area (Å²) in [5, 5.41) is 2.65. The standard InChI is InChI=1S/C17H19N2S/c1-18-11-10-14(15-7-3-4-8-16(15)18)6-5-9-17-19(2)12-13-20-17/h3-11H,12-13H2,1-2H3/q+1. The second-order valence-corrected chi connectivity index (χ2v) is 6.15. The number of nitrogens with zero attached hydrogens (tertiary/aromatic N) is 2. The molecule has 1 aliphatic heterocycles. The summed E-state index contributed by atoms with van der Waals surface area (Å²) < 4.78 is 2.16. The van der Waals surface area contributed by atoms with E-state index in [1.807, 2.05) is 11.8 Å². The molecule has 2 nitrogen and oxygen atoms in total. The van der Waals surface area contributed by atoms with Crippen molar-refractivity contribution >= 4 is 28.7 Å². The van der Waals surface area contributed by atoms with Gasteiger partial charge in [0.05, 0.1) is 10.4 Å². The number of rotatable bonds is 2. The molecule has 0 atom stereocenters. The van der Waals surface area contributed by atoms with Gasteiger partial charge in [-0.25, -0.2) is 4.57 Å². The maximum atomic E-state index is 2.30. The summed E-state index contributed by atoms with van der Waals surface area (Å²) in [4.78, 5) is 2.30. The van der Waals surface area contributed by atoms with Crippen molar-refractivity contribution in [3.05, 3.63) is 59.3 Å². The van der Waals surface area contributed by atoms with Crippen LogP contribution in [-0.2, 0) is 7.05 Å². The van der Waals surface area contributed by atoms with Gasteiger partial charge in [0.25, 0.3) is 0 Å². The number of thioether (sulfide) groups is 1. The van der Waals surface area contributed by atoms with Crippen LogP contribution in [0.25, 0.3) is 17.0 Å². The Morgan fingerprint density at radius 3 is 2.90 bits per heavy atom. The van der Waals surface area contributed by atoms with Crippen LogP contribution in [0.1, 0.15) is 5.56 Å². The molecule has 0 amide bonds. The first kappa shape index (κ1) is 13.3. The molecule has 1 aromatic carbocycles. The summed E-state index contributed by atoms with van der Waals surface area (Å²) in [6.45, 7) is 1.15. The average molecular weight is 283 g/mol. The largest absolute Gasteiger partial charge is 0.369 e. The minimum atomic E-state index is 1.15. The highest BCUT2D eigenvalue weighted by Crippen LogP contribution is 2.26. The van der Waals surface area contributed by atoms with Gasteiger partial charge in [0, 0.05) is 31.5 Å². The van der Waals surface area contributed by atoms with Gasteiger partial charge in [-0.3, -0.25) is 0 Å². The van der Waals surface area contributed by atoms with E-state index in [0.717, 1.165) is 6.54 Å². The predicted octanol–water partition coefficient (Wildman–Crippen LogP) is 3.20. The van der Waals surface area contributed by atoms with Gasteiger partial charge in [0.15, 0.2) is 6.20 Å². The Kier molecular flexibility index (Phi) is 3.79. The Bertz CT molecular complexity index is 688. The fraction of sp³-hybridized carbons (Fsp3) is 0.235. The van der Waals surface area contributed by atoms with Crippen molar-refractivity contribution in [1.82, 2.24) is 4.90 Å². The predicted molar refractivity (Wildman–Crippen MR) is 87.3 cm³/mol. The van der Waals surface area contributed by atoms with Crippen LogP contribution in [0.4, 0.5) is 0 Å². The number of aromatic nitrogens is 1. The van der Waals surface area contributed by atoms with Crippen molar-refractivity contribution in [2.24, 2.45) is 7.05 Å². The fourth-order valence-electron chi connectivity index (χ4n) is 2.45. The lowest BCUT2D eigenvalue weighted by molar-refractivity contribution is -0.644. The molecule has 0 radical (unpaired) electrons. The molecule has 1 saturated heterocycles. The third-order valence-corrected chi connectivity index (χ3v) is 4.77. The summed E-state index contributed by atoms with van der Waals surface area (Å²) in [6, 6.07) is 10.7. The van der Waals surface area contributed by atoms with E-state index in [2.05, 4.69) is 78.3 Å². The van der Waals surface area contributed by atoms with Crippen molar-refractivity contribution < 1.29 is 4.57 Å². The van der Waals surface area contributed by atoms with Gasteiger partial charge >= 0.3 is 0 Å². The first-order chi connectivity index (χ1) is 9.75. The van der Waals surface area contributed by atoms with Crippen molar-refractivity contribution in [2.45, 2.75) is 0 Å². The smallest absolute Gasteiger partial charge is 0.212 e. The van der Waals surface area contributed by atoms with E-state index < -0.39 is 0 Å². The second kappa shape index (κ2) is 5.71. The molecule has 0 aliphatic carbocycles. The number of hydrogen-bond acceptors (Lipinski definition) is 2. The Morgan fingerprint density at radius 1 is 1.25 bits per heavy atom. The normalized spacial score (nSPS) is 17.7. The topological polar surface area (TPSA) is 7.12 Å². The number of allylic oxidation sites excluding steroid dienone is 2. The zero-order chi connectivity index (χ0) is 13.9. The molecule has 1 aromatic heterocycles. The van der Waals surface area contributed by atoms with Crippen LogP contribution in [-0.4, -0.2) is 24.2 Å². The Balaban J connectivity index is 1.93. The molecule has 1 fully saturated rings. The van der Waals surface area contributed by atoms with Crippen LogP contribution in [0.5, 0.6) is 0 Å². The lowest BCUT2D eigenvalue weighted by Gasteiger charge is -2.09. The number of hydrogen-bond donors (Lipinski definition) is 0. The van der Waals surface area contributed by atoms with Crippen LogP contribution < -0.4 is 4.57 Å². The Labute approximate surface area is 124 Å². The molecule has 0 saturated carbocycles. The molecule has 2 heterocycles. The molecule has 0 unspecified atom stereocenters. The lowest BCUT2D eigenvalue weighted by Crippen LogP contribution is -2.28. The summed E-state index contributed by atoms with van der Waals surface area (Å²) in [5.41, 5.74) is 2.52. The quantitative estimate of drug-likeness (QED) is 0.781. The SMILES string of the molecule is CN1CCS/C1=C/C=C/c1cc[n+](C)c2ccccc12. The summed E-state index contributed by atoms with van der Waals surface area (Å²) in [5.74, 6) is 1.19. The van der Waals surface area contributed by atoms with Crippen LogP contribution in [0.3, 0.4) is 0 Å². The number of fused-ring (bicyclic) bond motifs is 1. The second-order valence-electron chi connectivity index (χ2n) is 5.03. The average Bonchev–Trinajstić information content (AvgIpc) is 2.87. The molecule has 0 bridgehead atoms. The van der Waals surface area contributed by atoms with Gasteiger partial charge in [-0.1, -0.05) is 24.3 Å². The molecule has 0 spiro atoms. The van der Waals surface area contributed by atoms with Gasteiger partial charge < -0.3 is 4.90 Å². The van der Waals surface area contributed by atoms with E-state index in [9.17, 15) is 0 Å². The van der Waals surface area contributed by atoms with E-state index in [1.54, 1.807) is 0 Å². The zero-order valence-electron chi connectivity index (χ0n) is 11.9. The summed E-state index contributed by atoms with van der Waals surface area (Å²) in [6.07, 6.45) is 8.68. The van der Waals surface area contributed by atoms with E-state index in [1.165, 1.54) is 27.2 Å². The molecule has 0 N–H and O–H groups in total. The summed E-state index contributed by atoms with van der Waals surface area (Å²) >= 11 is 1.92. The van der Waals surface area contributed by atoms with Crippen molar-refractivity contribution in [3.8, 4) is 0 Å². The van der Waals surface area contributed by atoms with Gasteiger partial charge in [0.2, 0.25) is 5.52 Å². The van der Waals surface area contributed by atoms with Gasteiger partial charge in [0.1, 0.15) is 7.05 Å². The minimum Gasteiger partial charge on any atom is -0.369 e. The molecule has 3 heteroatoms.